The molecule has 0 fully saturated rings. The molecule has 0 saturated carbocycles. The van der Waals surface area contributed by atoms with Gasteiger partial charge in [-0.25, -0.2) is 0 Å². The molecule has 2 aromatic carbocycles. The fourth-order valence-electron chi connectivity index (χ4n) is 1.58. The molecule has 0 atom stereocenters. The zero-order chi connectivity index (χ0) is 14.4. The van der Waals surface area contributed by atoms with E-state index >= 15 is 0 Å². The molecule has 0 aromatic heterocycles. The van der Waals surface area contributed by atoms with Crippen LogP contribution in [-0.4, -0.2) is 5.91 Å². The third-order valence-electron chi connectivity index (χ3n) is 2.78. The van der Waals surface area contributed by atoms with Crippen molar-refractivity contribution in [2.75, 3.05) is 5.32 Å². The molecule has 0 bridgehead atoms. The summed E-state index contributed by atoms with van der Waals surface area (Å²) in [6.07, 6.45) is 0. The fraction of sp³-hybridized carbons (Fsp3) is 0.118. The van der Waals surface area contributed by atoms with Crippen LogP contribution in [0.25, 0.3) is 0 Å². The SMILES string of the molecule is C/C(=C\Sc1ccccc1)C(=O)Nc1ccc(C)cc1. The monoisotopic (exact) mass is 283 g/mol. The first-order valence-electron chi connectivity index (χ1n) is 6.41. The summed E-state index contributed by atoms with van der Waals surface area (Å²) in [6, 6.07) is 17.8. The van der Waals surface area contributed by atoms with Gasteiger partial charge in [-0.05, 0) is 43.5 Å². The van der Waals surface area contributed by atoms with Crippen LogP contribution in [0.1, 0.15) is 12.5 Å². The lowest BCUT2D eigenvalue weighted by Crippen LogP contribution is -2.12. The second-order valence-electron chi connectivity index (χ2n) is 4.55. The number of aryl methyl sites for hydroxylation is 1. The first-order valence-corrected chi connectivity index (χ1v) is 7.29. The Labute approximate surface area is 123 Å². The molecule has 1 amide bonds. The lowest BCUT2D eigenvalue weighted by molar-refractivity contribution is -0.112. The van der Waals surface area contributed by atoms with Gasteiger partial charge >= 0.3 is 0 Å². The summed E-state index contributed by atoms with van der Waals surface area (Å²) in [5.74, 6) is -0.0720. The van der Waals surface area contributed by atoms with Gasteiger partial charge in [-0.15, -0.1) is 0 Å². The van der Waals surface area contributed by atoms with Crippen LogP contribution in [0.15, 0.2) is 70.5 Å². The third-order valence-corrected chi connectivity index (χ3v) is 3.80. The lowest BCUT2D eigenvalue weighted by atomic mass is 10.2. The number of hydrogen-bond donors (Lipinski definition) is 1. The van der Waals surface area contributed by atoms with Crippen LogP contribution < -0.4 is 5.32 Å². The summed E-state index contributed by atoms with van der Waals surface area (Å²) in [6.45, 7) is 3.84. The Morgan fingerprint density at radius 3 is 2.35 bits per heavy atom. The summed E-state index contributed by atoms with van der Waals surface area (Å²) in [4.78, 5) is 13.1. The van der Waals surface area contributed by atoms with Gasteiger partial charge in [0.2, 0.25) is 0 Å². The van der Waals surface area contributed by atoms with Gasteiger partial charge in [0.1, 0.15) is 0 Å². The van der Waals surface area contributed by atoms with E-state index in [2.05, 4.69) is 5.32 Å². The number of carbonyl (C=O) groups is 1. The quantitative estimate of drug-likeness (QED) is 0.654. The van der Waals surface area contributed by atoms with Crippen molar-refractivity contribution in [3.05, 3.63) is 71.1 Å². The molecule has 3 heteroatoms. The molecule has 1 N–H and O–H groups in total. The molecule has 0 unspecified atom stereocenters. The van der Waals surface area contributed by atoms with Crippen LogP contribution in [0.2, 0.25) is 0 Å². The predicted molar refractivity (Wildman–Crippen MR) is 85.9 cm³/mol. The van der Waals surface area contributed by atoms with Gasteiger partial charge in [0, 0.05) is 16.2 Å². The molecule has 20 heavy (non-hydrogen) atoms. The van der Waals surface area contributed by atoms with Gasteiger partial charge in [-0.3, -0.25) is 4.79 Å². The summed E-state index contributed by atoms with van der Waals surface area (Å²) in [5.41, 5.74) is 2.69. The zero-order valence-corrected chi connectivity index (χ0v) is 12.4. The molecule has 0 spiro atoms. The Hall–Kier alpha value is -2.00. The minimum atomic E-state index is -0.0720. The van der Waals surface area contributed by atoms with E-state index in [0.29, 0.717) is 5.57 Å². The molecule has 102 valence electrons. The van der Waals surface area contributed by atoms with Gasteiger partial charge in [0.15, 0.2) is 0 Å². The van der Waals surface area contributed by atoms with E-state index in [1.807, 2.05) is 73.9 Å². The molecular weight excluding hydrogens is 266 g/mol. The minimum absolute atomic E-state index is 0.0720. The normalized spacial score (nSPS) is 11.2. The largest absolute Gasteiger partial charge is 0.322 e. The van der Waals surface area contributed by atoms with Gasteiger partial charge in [0.05, 0.1) is 0 Å². The minimum Gasteiger partial charge on any atom is -0.322 e. The summed E-state index contributed by atoms with van der Waals surface area (Å²) in [5, 5.41) is 4.76. The van der Waals surface area contributed by atoms with Gasteiger partial charge in [0.25, 0.3) is 5.91 Å². The van der Waals surface area contributed by atoms with E-state index in [4.69, 9.17) is 0 Å². The smallest absolute Gasteiger partial charge is 0.251 e. The summed E-state index contributed by atoms with van der Waals surface area (Å²) in [7, 11) is 0. The van der Waals surface area contributed by atoms with Gasteiger partial charge in [-0.2, -0.15) is 0 Å². The Balaban J connectivity index is 1.96. The highest BCUT2D eigenvalue weighted by atomic mass is 32.2. The van der Waals surface area contributed by atoms with Gasteiger partial charge in [-0.1, -0.05) is 47.7 Å². The zero-order valence-electron chi connectivity index (χ0n) is 11.6. The average molecular weight is 283 g/mol. The topological polar surface area (TPSA) is 29.1 Å². The molecule has 0 radical (unpaired) electrons. The van der Waals surface area contributed by atoms with E-state index in [0.717, 1.165) is 10.6 Å². The molecule has 0 saturated heterocycles. The second-order valence-corrected chi connectivity index (χ2v) is 5.49. The molecule has 0 heterocycles. The van der Waals surface area contributed by atoms with Crippen LogP contribution in [0.3, 0.4) is 0 Å². The Bertz CT molecular complexity index is 603. The highest BCUT2D eigenvalue weighted by Crippen LogP contribution is 2.20. The van der Waals surface area contributed by atoms with Crippen molar-refractivity contribution in [1.29, 1.82) is 0 Å². The van der Waals surface area contributed by atoms with Crippen LogP contribution in [0.5, 0.6) is 0 Å². The standard InChI is InChI=1S/C17H17NOS/c1-13-8-10-15(11-9-13)18-17(19)14(2)12-20-16-6-4-3-5-7-16/h3-12H,1-2H3,(H,18,19)/b14-12+. The summed E-state index contributed by atoms with van der Waals surface area (Å²) < 4.78 is 0. The Morgan fingerprint density at radius 2 is 1.70 bits per heavy atom. The average Bonchev–Trinajstić information content (AvgIpc) is 2.48. The third kappa shape index (κ3) is 4.28. The van der Waals surface area contributed by atoms with Crippen LogP contribution in [-0.2, 0) is 4.79 Å². The number of benzene rings is 2. The van der Waals surface area contributed by atoms with Crippen molar-refractivity contribution in [3.63, 3.8) is 0 Å². The van der Waals surface area contributed by atoms with E-state index in [1.165, 1.54) is 5.56 Å². The van der Waals surface area contributed by atoms with Crippen molar-refractivity contribution >= 4 is 23.4 Å². The number of amides is 1. The van der Waals surface area contributed by atoms with Crippen molar-refractivity contribution in [3.8, 4) is 0 Å². The highest BCUT2D eigenvalue weighted by Gasteiger charge is 2.04. The number of hydrogen-bond acceptors (Lipinski definition) is 2. The van der Waals surface area contributed by atoms with Crippen molar-refractivity contribution < 1.29 is 4.79 Å². The van der Waals surface area contributed by atoms with E-state index in [9.17, 15) is 4.79 Å². The maximum atomic E-state index is 12.0. The summed E-state index contributed by atoms with van der Waals surface area (Å²) >= 11 is 1.55. The maximum absolute atomic E-state index is 12.0. The maximum Gasteiger partial charge on any atom is 0.251 e. The predicted octanol–water partition coefficient (Wildman–Crippen LogP) is 4.63. The molecule has 2 nitrogen and oxygen atoms in total. The molecular formula is C17H17NOS. The van der Waals surface area contributed by atoms with Gasteiger partial charge < -0.3 is 5.32 Å². The van der Waals surface area contributed by atoms with E-state index < -0.39 is 0 Å². The van der Waals surface area contributed by atoms with Crippen molar-refractivity contribution in [2.24, 2.45) is 0 Å². The number of nitrogens with one attached hydrogen (secondary N) is 1. The molecule has 0 aliphatic rings. The van der Waals surface area contributed by atoms with Crippen molar-refractivity contribution in [1.82, 2.24) is 0 Å². The number of thioether (sulfide) groups is 1. The van der Waals surface area contributed by atoms with E-state index in [-0.39, 0.29) is 5.91 Å². The Morgan fingerprint density at radius 1 is 1.05 bits per heavy atom. The van der Waals surface area contributed by atoms with Crippen LogP contribution in [0, 0.1) is 6.92 Å². The van der Waals surface area contributed by atoms with Crippen LogP contribution in [0.4, 0.5) is 5.69 Å². The molecule has 0 aliphatic carbocycles. The second kappa shape index (κ2) is 6.96. The number of carbonyl (C=O) groups excluding carboxylic acids is 1. The van der Waals surface area contributed by atoms with E-state index in [1.54, 1.807) is 11.8 Å². The first kappa shape index (κ1) is 14.4. The lowest BCUT2D eigenvalue weighted by Gasteiger charge is -2.05. The number of rotatable bonds is 4. The fourth-order valence-corrected chi connectivity index (χ4v) is 2.31. The number of anilines is 1. The van der Waals surface area contributed by atoms with Crippen LogP contribution >= 0.6 is 11.8 Å². The molecule has 2 rings (SSSR count). The Kier molecular flexibility index (Phi) is 5.02. The van der Waals surface area contributed by atoms with Crippen molar-refractivity contribution in [2.45, 2.75) is 18.7 Å². The molecule has 2 aromatic rings. The first-order chi connectivity index (χ1) is 9.65. The molecule has 0 aliphatic heterocycles. The highest BCUT2D eigenvalue weighted by molar-refractivity contribution is 8.02.